The van der Waals surface area contributed by atoms with Crippen LogP contribution in [0.3, 0.4) is 0 Å². The maximum absolute atomic E-state index is 12.5. The summed E-state index contributed by atoms with van der Waals surface area (Å²) >= 11 is 0. The summed E-state index contributed by atoms with van der Waals surface area (Å²) in [7, 11) is 1.43. The molecule has 1 heterocycles. The molecule has 0 radical (unpaired) electrons. The molecule has 2 aromatic rings. The molecule has 17 heavy (non-hydrogen) atoms. The zero-order chi connectivity index (χ0) is 12.6. The third-order valence-corrected chi connectivity index (χ3v) is 2.33. The molecule has 1 N–H and O–H groups in total. The number of aromatic nitrogens is 3. The van der Waals surface area contributed by atoms with Crippen LogP contribution in [0.25, 0.3) is 11.4 Å². The van der Waals surface area contributed by atoms with Crippen LogP contribution in [-0.4, -0.2) is 14.8 Å². The van der Waals surface area contributed by atoms with Crippen LogP contribution in [0.1, 0.15) is 5.56 Å². The van der Waals surface area contributed by atoms with Gasteiger partial charge in [-0.3, -0.25) is 4.57 Å². The molecule has 90 valence electrons. The first kappa shape index (κ1) is 11.4. The Kier molecular flexibility index (Phi) is 2.53. The van der Waals surface area contributed by atoms with Crippen molar-refractivity contribution >= 4 is 0 Å². The van der Waals surface area contributed by atoms with E-state index in [4.69, 9.17) is 0 Å². The number of hydrogen-bond acceptors (Lipinski definition) is 2. The summed E-state index contributed by atoms with van der Waals surface area (Å²) in [5, 5.41) is 5.84. The highest BCUT2D eigenvalue weighted by atomic mass is 19.4. The minimum atomic E-state index is -4.41. The number of aromatic amines is 1. The summed E-state index contributed by atoms with van der Waals surface area (Å²) in [4.78, 5) is 11.1. The Hall–Kier alpha value is -2.05. The fourth-order valence-electron chi connectivity index (χ4n) is 1.44. The van der Waals surface area contributed by atoms with E-state index >= 15 is 0 Å². The first-order chi connectivity index (χ1) is 7.89. The molecule has 0 aliphatic rings. The number of H-pyrrole nitrogens is 1. The zero-order valence-corrected chi connectivity index (χ0v) is 8.75. The van der Waals surface area contributed by atoms with Gasteiger partial charge in [0.25, 0.3) is 0 Å². The molecule has 0 spiro atoms. The van der Waals surface area contributed by atoms with Gasteiger partial charge in [-0.2, -0.15) is 18.3 Å². The van der Waals surface area contributed by atoms with Gasteiger partial charge < -0.3 is 0 Å². The van der Waals surface area contributed by atoms with Crippen molar-refractivity contribution in [1.29, 1.82) is 0 Å². The molecule has 0 unspecified atom stereocenters. The van der Waals surface area contributed by atoms with Crippen molar-refractivity contribution in [3.8, 4) is 11.4 Å². The Labute approximate surface area is 93.7 Å². The average molecular weight is 243 g/mol. The quantitative estimate of drug-likeness (QED) is 0.830. The molecule has 0 aliphatic heterocycles. The fraction of sp³-hybridized carbons (Fsp3) is 0.200. The lowest BCUT2D eigenvalue weighted by Gasteiger charge is -2.07. The maximum Gasteiger partial charge on any atom is 0.416 e. The topological polar surface area (TPSA) is 50.7 Å². The van der Waals surface area contributed by atoms with Gasteiger partial charge in [-0.05, 0) is 12.1 Å². The number of nitrogens with one attached hydrogen (secondary N) is 1. The van der Waals surface area contributed by atoms with Crippen molar-refractivity contribution in [2.75, 3.05) is 0 Å². The van der Waals surface area contributed by atoms with Crippen LogP contribution in [0.4, 0.5) is 13.2 Å². The summed E-state index contributed by atoms with van der Waals surface area (Å²) < 4.78 is 38.6. The van der Waals surface area contributed by atoms with Gasteiger partial charge in [0.2, 0.25) is 0 Å². The number of rotatable bonds is 1. The van der Waals surface area contributed by atoms with Gasteiger partial charge in [0, 0.05) is 12.6 Å². The summed E-state index contributed by atoms with van der Waals surface area (Å²) in [6.45, 7) is 0. The van der Waals surface area contributed by atoms with E-state index in [1.807, 2.05) is 0 Å². The van der Waals surface area contributed by atoms with Gasteiger partial charge in [0.1, 0.15) is 0 Å². The minimum absolute atomic E-state index is 0.168. The number of alkyl halides is 3. The van der Waals surface area contributed by atoms with E-state index in [1.165, 1.54) is 19.2 Å². The Morgan fingerprint density at radius 2 is 2.06 bits per heavy atom. The molecule has 1 aromatic heterocycles. The lowest BCUT2D eigenvalue weighted by molar-refractivity contribution is -0.137. The maximum atomic E-state index is 12.5. The van der Waals surface area contributed by atoms with Gasteiger partial charge in [0.15, 0.2) is 5.82 Å². The highest BCUT2D eigenvalue weighted by Gasteiger charge is 2.30. The number of halogens is 3. The summed E-state index contributed by atoms with van der Waals surface area (Å²) in [6, 6.07) is 4.66. The molecule has 0 atom stereocenters. The number of hydrogen-bond donors (Lipinski definition) is 1. The monoisotopic (exact) mass is 243 g/mol. The third kappa shape index (κ3) is 2.08. The van der Waals surface area contributed by atoms with Crippen molar-refractivity contribution < 1.29 is 13.2 Å². The standard InChI is InChI=1S/C10H8F3N3O/c1-16-8(14-15-9(16)17)6-3-2-4-7(5-6)10(11,12)13/h2-5H,1H3,(H,15,17). The number of nitrogens with zero attached hydrogens (tertiary/aromatic N) is 2. The molecule has 0 aliphatic carbocycles. The van der Waals surface area contributed by atoms with Gasteiger partial charge in [0.05, 0.1) is 5.56 Å². The third-order valence-electron chi connectivity index (χ3n) is 2.33. The summed E-state index contributed by atoms with van der Waals surface area (Å²) in [6.07, 6.45) is -4.41. The summed E-state index contributed by atoms with van der Waals surface area (Å²) in [5.74, 6) is 0.168. The molecule has 7 heteroatoms. The van der Waals surface area contributed by atoms with Crippen molar-refractivity contribution in [2.24, 2.45) is 7.05 Å². The Balaban J connectivity index is 2.54. The second-order valence-electron chi connectivity index (χ2n) is 3.49. The lowest BCUT2D eigenvalue weighted by Crippen LogP contribution is -2.13. The average Bonchev–Trinajstić information content (AvgIpc) is 2.59. The lowest BCUT2D eigenvalue weighted by atomic mass is 10.1. The van der Waals surface area contributed by atoms with E-state index in [-0.39, 0.29) is 11.4 Å². The Bertz CT molecular complexity index is 597. The molecular weight excluding hydrogens is 235 g/mol. The van der Waals surface area contributed by atoms with Gasteiger partial charge >= 0.3 is 11.9 Å². The first-order valence-corrected chi connectivity index (χ1v) is 4.68. The fourth-order valence-corrected chi connectivity index (χ4v) is 1.44. The smallest absolute Gasteiger partial charge is 0.278 e. The van der Waals surface area contributed by atoms with Crippen LogP contribution < -0.4 is 5.69 Å². The van der Waals surface area contributed by atoms with Crippen LogP contribution in [0.5, 0.6) is 0 Å². The van der Waals surface area contributed by atoms with Crippen molar-refractivity contribution in [3.63, 3.8) is 0 Å². The molecule has 0 saturated carbocycles. The molecule has 0 bridgehead atoms. The van der Waals surface area contributed by atoms with Gasteiger partial charge in [-0.15, -0.1) is 0 Å². The predicted molar refractivity (Wildman–Crippen MR) is 54.3 cm³/mol. The second kappa shape index (κ2) is 3.76. The SMILES string of the molecule is Cn1c(-c2cccc(C(F)(F)F)c2)n[nH]c1=O. The highest BCUT2D eigenvalue weighted by Crippen LogP contribution is 2.31. The van der Waals surface area contributed by atoms with Crippen LogP contribution in [0.15, 0.2) is 29.1 Å². The van der Waals surface area contributed by atoms with Crippen molar-refractivity contribution in [3.05, 3.63) is 40.3 Å². The van der Waals surface area contributed by atoms with Crippen molar-refractivity contribution in [1.82, 2.24) is 14.8 Å². The molecule has 4 nitrogen and oxygen atoms in total. The largest absolute Gasteiger partial charge is 0.416 e. The van der Waals surface area contributed by atoms with E-state index in [9.17, 15) is 18.0 Å². The Morgan fingerprint density at radius 1 is 1.35 bits per heavy atom. The van der Waals surface area contributed by atoms with Crippen LogP contribution >= 0.6 is 0 Å². The van der Waals surface area contributed by atoms with Crippen LogP contribution in [-0.2, 0) is 13.2 Å². The molecular formula is C10H8F3N3O. The normalized spacial score (nSPS) is 11.8. The van der Waals surface area contributed by atoms with Crippen LogP contribution in [0, 0.1) is 0 Å². The predicted octanol–water partition coefficient (Wildman–Crippen LogP) is 1.79. The molecule has 0 saturated heterocycles. The molecule has 0 fully saturated rings. The second-order valence-corrected chi connectivity index (χ2v) is 3.49. The van der Waals surface area contributed by atoms with E-state index in [0.717, 1.165) is 16.7 Å². The van der Waals surface area contributed by atoms with Gasteiger partial charge in [-0.1, -0.05) is 12.1 Å². The highest BCUT2D eigenvalue weighted by molar-refractivity contribution is 5.56. The summed E-state index contributed by atoms with van der Waals surface area (Å²) in [5.41, 5.74) is -1.01. The molecule has 1 aromatic carbocycles. The van der Waals surface area contributed by atoms with Gasteiger partial charge in [-0.25, -0.2) is 9.89 Å². The van der Waals surface area contributed by atoms with E-state index < -0.39 is 17.4 Å². The van der Waals surface area contributed by atoms with E-state index in [1.54, 1.807) is 0 Å². The minimum Gasteiger partial charge on any atom is -0.278 e. The Morgan fingerprint density at radius 3 is 2.59 bits per heavy atom. The number of benzene rings is 1. The molecule has 2 rings (SSSR count). The van der Waals surface area contributed by atoms with Crippen LogP contribution in [0.2, 0.25) is 0 Å². The zero-order valence-electron chi connectivity index (χ0n) is 8.75. The van der Waals surface area contributed by atoms with E-state index in [0.29, 0.717) is 0 Å². The van der Waals surface area contributed by atoms with E-state index in [2.05, 4.69) is 10.2 Å². The van der Waals surface area contributed by atoms with Crippen molar-refractivity contribution in [2.45, 2.75) is 6.18 Å². The molecule has 0 amide bonds. The first-order valence-electron chi connectivity index (χ1n) is 4.68.